The van der Waals surface area contributed by atoms with Crippen molar-refractivity contribution in [2.24, 2.45) is 0 Å². The Morgan fingerprint density at radius 1 is 1.06 bits per heavy atom. The number of morpholine rings is 1. The number of nitrogens with one attached hydrogen (secondary N) is 1. The van der Waals surface area contributed by atoms with Crippen LogP contribution in [-0.4, -0.2) is 75.9 Å². The molecular weight excluding hydrogens is 402 g/mol. The van der Waals surface area contributed by atoms with Gasteiger partial charge in [0.15, 0.2) is 11.5 Å². The Morgan fingerprint density at radius 2 is 1.88 bits per heavy atom. The summed E-state index contributed by atoms with van der Waals surface area (Å²) in [5, 5.41) is 8.44. The van der Waals surface area contributed by atoms with Crippen molar-refractivity contribution >= 4 is 22.4 Å². The minimum Gasteiger partial charge on any atom is -0.378 e. The first-order chi connectivity index (χ1) is 15.7. The van der Waals surface area contributed by atoms with Gasteiger partial charge in [-0.3, -0.25) is 9.50 Å². The van der Waals surface area contributed by atoms with Crippen molar-refractivity contribution in [2.75, 3.05) is 51.3 Å². The fourth-order valence-electron chi connectivity index (χ4n) is 5.24. The maximum absolute atomic E-state index is 5.62. The Bertz CT molecular complexity index is 1260. The highest BCUT2D eigenvalue weighted by atomic mass is 16.5. The lowest BCUT2D eigenvalue weighted by Gasteiger charge is -2.30. The second kappa shape index (κ2) is 7.86. The fourth-order valence-corrected chi connectivity index (χ4v) is 5.24. The molecule has 2 fully saturated rings. The van der Waals surface area contributed by atoms with Crippen molar-refractivity contribution in [3.63, 3.8) is 0 Å². The molecule has 0 atom stereocenters. The van der Waals surface area contributed by atoms with Gasteiger partial charge >= 0.3 is 0 Å². The Hall–Kier alpha value is -2.97. The van der Waals surface area contributed by atoms with E-state index < -0.39 is 0 Å². The van der Waals surface area contributed by atoms with E-state index in [9.17, 15) is 0 Å². The van der Waals surface area contributed by atoms with E-state index in [1.165, 1.54) is 5.69 Å². The molecule has 2 aliphatic rings. The number of piperidine rings is 1. The van der Waals surface area contributed by atoms with E-state index >= 15 is 0 Å². The molecule has 1 N–H and O–H groups in total. The Kier molecular flexibility index (Phi) is 4.84. The standard InChI is InChI=1S/C24H29N7O/c1-16-22(17-6-8-29(2)9-7-17)31-15-21(18-4-3-5-20-19(18)14-25-28-20)27-23(24(31)26-16)30-10-12-32-13-11-30/h3-5,14-15,17H,6-13H2,1-2H3,(H,25,28). The van der Waals surface area contributed by atoms with E-state index in [-0.39, 0.29) is 0 Å². The van der Waals surface area contributed by atoms with Gasteiger partial charge in [0, 0.05) is 41.8 Å². The van der Waals surface area contributed by atoms with Gasteiger partial charge in [0.25, 0.3) is 0 Å². The normalized spacial score (nSPS) is 18.8. The summed E-state index contributed by atoms with van der Waals surface area (Å²) in [6, 6.07) is 6.25. The average molecular weight is 432 g/mol. The maximum atomic E-state index is 5.62. The van der Waals surface area contributed by atoms with Gasteiger partial charge in [0.2, 0.25) is 0 Å². The van der Waals surface area contributed by atoms with Crippen LogP contribution in [0.25, 0.3) is 27.8 Å². The SMILES string of the molecule is Cc1nc2c(N3CCOCC3)nc(-c3cccc4[nH]ncc34)cn2c1C1CCN(C)CC1. The summed E-state index contributed by atoms with van der Waals surface area (Å²) in [5.41, 5.74) is 6.49. The number of aryl methyl sites for hydroxylation is 1. The molecule has 1 aromatic carbocycles. The summed E-state index contributed by atoms with van der Waals surface area (Å²) in [6.07, 6.45) is 6.40. The summed E-state index contributed by atoms with van der Waals surface area (Å²) in [5.74, 6) is 1.47. The highest BCUT2D eigenvalue weighted by molar-refractivity contribution is 5.93. The largest absolute Gasteiger partial charge is 0.378 e. The summed E-state index contributed by atoms with van der Waals surface area (Å²) >= 11 is 0. The van der Waals surface area contributed by atoms with Crippen LogP contribution in [0, 0.1) is 6.92 Å². The number of anilines is 1. The molecule has 5 heterocycles. The lowest BCUT2D eigenvalue weighted by atomic mass is 9.92. The van der Waals surface area contributed by atoms with Crippen molar-refractivity contribution in [3.05, 3.63) is 42.0 Å². The molecule has 166 valence electrons. The molecule has 3 aromatic heterocycles. The number of fused-ring (bicyclic) bond motifs is 2. The average Bonchev–Trinajstić information content (AvgIpc) is 3.43. The molecule has 8 nitrogen and oxygen atoms in total. The fraction of sp³-hybridized carbons (Fsp3) is 0.458. The minimum absolute atomic E-state index is 0.513. The first kappa shape index (κ1) is 19.7. The molecule has 4 aromatic rings. The highest BCUT2D eigenvalue weighted by Gasteiger charge is 2.27. The lowest BCUT2D eigenvalue weighted by molar-refractivity contribution is 0.122. The molecular formula is C24H29N7O. The van der Waals surface area contributed by atoms with Gasteiger partial charge in [0.1, 0.15) is 0 Å². The summed E-state index contributed by atoms with van der Waals surface area (Å²) in [7, 11) is 2.21. The van der Waals surface area contributed by atoms with Crippen LogP contribution < -0.4 is 4.90 Å². The van der Waals surface area contributed by atoms with Crippen molar-refractivity contribution in [1.29, 1.82) is 0 Å². The number of nitrogens with zero attached hydrogens (tertiary/aromatic N) is 6. The van der Waals surface area contributed by atoms with Gasteiger partial charge in [-0.05, 0) is 46.0 Å². The van der Waals surface area contributed by atoms with Gasteiger partial charge in [-0.25, -0.2) is 9.97 Å². The lowest BCUT2D eigenvalue weighted by Crippen LogP contribution is -2.37. The molecule has 8 heteroatoms. The second-order valence-corrected chi connectivity index (χ2v) is 9.04. The summed E-state index contributed by atoms with van der Waals surface area (Å²) < 4.78 is 7.95. The minimum atomic E-state index is 0.513. The van der Waals surface area contributed by atoms with Crippen LogP contribution >= 0.6 is 0 Å². The van der Waals surface area contributed by atoms with Crippen molar-refractivity contribution in [3.8, 4) is 11.3 Å². The molecule has 0 saturated carbocycles. The monoisotopic (exact) mass is 431 g/mol. The number of hydrogen-bond donors (Lipinski definition) is 1. The quantitative estimate of drug-likeness (QED) is 0.537. The van der Waals surface area contributed by atoms with Crippen LogP contribution in [0.15, 0.2) is 30.6 Å². The van der Waals surface area contributed by atoms with Crippen molar-refractivity contribution in [1.82, 2.24) is 29.5 Å². The maximum Gasteiger partial charge on any atom is 0.180 e. The molecule has 0 amide bonds. The van der Waals surface area contributed by atoms with E-state index in [0.29, 0.717) is 5.92 Å². The number of rotatable bonds is 3. The second-order valence-electron chi connectivity index (χ2n) is 9.04. The van der Waals surface area contributed by atoms with E-state index in [1.807, 2.05) is 6.20 Å². The van der Waals surface area contributed by atoms with Crippen LogP contribution in [0.2, 0.25) is 0 Å². The van der Waals surface area contributed by atoms with Crippen LogP contribution in [0.5, 0.6) is 0 Å². The molecule has 2 saturated heterocycles. The van der Waals surface area contributed by atoms with Gasteiger partial charge in [-0.15, -0.1) is 0 Å². The Labute approximate surface area is 187 Å². The third kappa shape index (κ3) is 3.25. The first-order valence-electron chi connectivity index (χ1n) is 11.5. The predicted octanol–water partition coefficient (Wildman–Crippen LogP) is 3.23. The third-order valence-corrected chi connectivity index (χ3v) is 6.99. The zero-order valence-corrected chi connectivity index (χ0v) is 18.7. The number of hydrogen-bond acceptors (Lipinski definition) is 6. The van der Waals surface area contributed by atoms with Gasteiger partial charge in [-0.1, -0.05) is 12.1 Å². The zero-order valence-electron chi connectivity index (χ0n) is 18.7. The molecule has 32 heavy (non-hydrogen) atoms. The third-order valence-electron chi connectivity index (χ3n) is 6.99. The number of ether oxygens (including phenoxy) is 1. The van der Waals surface area contributed by atoms with Crippen molar-refractivity contribution in [2.45, 2.75) is 25.7 Å². The van der Waals surface area contributed by atoms with Gasteiger partial charge < -0.3 is 14.5 Å². The molecule has 0 aliphatic carbocycles. The number of aromatic nitrogens is 5. The Morgan fingerprint density at radius 3 is 2.69 bits per heavy atom. The van der Waals surface area contributed by atoms with E-state index in [1.54, 1.807) is 0 Å². The molecule has 2 aliphatic heterocycles. The first-order valence-corrected chi connectivity index (χ1v) is 11.5. The summed E-state index contributed by atoms with van der Waals surface area (Å²) in [4.78, 5) is 15.0. The van der Waals surface area contributed by atoms with E-state index in [4.69, 9.17) is 14.7 Å². The van der Waals surface area contributed by atoms with Crippen LogP contribution in [0.1, 0.15) is 30.1 Å². The van der Waals surface area contributed by atoms with Crippen LogP contribution in [-0.2, 0) is 4.74 Å². The van der Waals surface area contributed by atoms with Crippen LogP contribution in [0.4, 0.5) is 5.82 Å². The molecule has 0 unspecified atom stereocenters. The topological polar surface area (TPSA) is 74.6 Å². The predicted molar refractivity (Wildman–Crippen MR) is 125 cm³/mol. The molecule has 0 radical (unpaired) electrons. The molecule has 6 rings (SSSR count). The highest BCUT2D eigenvalue weighted by Crippen LogP contribution is 2.35. The van der Waals surface area contributed by atoms with Gasteiger partial charge in [-0.2, -0.15) is 5.10 Å². The van der Waals surface area contributed by atoms with Crippen LogP contribution in [0.3, 0.4) is 0 Å². The number of imidazole rings is 1. The van der Waals surface area contributed by atoms with E-state index in [0.717, 1.165) is 91.6 Å². The zero-order chi connectivity index (χ0) is 21.7. The smallest absolute Gasteiger partial charge is 0.180 e. The molecule has 0 bridgehead atoms. The number of benzene rings is 1. The number of H-pyrrole nitrogens is 1. The summed E-state index contributed by atoms with van der Waals surface area (Å²) in [6.45, 7) is 7.50. The number of aromatic amines is 1. The number of likely N-dealkylation sites (tertiary alicyclic amines) is 1. The Balaban J connectivity index is 1.57. The van der Waals surface area contributed by atoms with Gasteiger partial charge in [0.05, 0.1) is 36.3 Å². The van der Waals surface area contributed by atoms with Crippen molar-refractivity contribution < 1.29 is 4.74 Å². The van der Waals surface area contributed by atoms with E-state index in [2.05, 4.69) is 62.8 Å². The molecule has 0 spiro atoms.